The number of hydrogen-bond acceptors (Lipinski definition) is 3. The molecule has 1 saturated heterocycles. The third-order valence-corrected chi connectivity index (χ3v) is 4.13. The molecule has 2 unspecified atom stereocenters. The van der Waals surface area contributed by atoms with Crippen LogP contribution >= 0.6 is 23.2 Å². The molecule has 0 saturated carbocycles. The van der Waals surface area contributed by atoms with E-state index in [1.54, 1.807) is 23.1 Å². The minimum atomic E-state index is -0.466. The molecule has 1 amide bonds. The molecule has 6 heteroatoms. The normalized spacial score (nSPS) is 22.6. The van der Waals surface area contributed by atoms with Crippen LogP contribution in [-0.4, -0.2) is 60.1 Å². The van der Waals surface area contributed by atoms with Gasteiger partial charge < -0.3 is 14.9 Å². The lowest BCUT2D eigenvalue weighted by Crippen LogP contribution is -2.41. The Balaban J connectivity index is 2.19. The van der Waals surface area contributed by atoms with Crippen molar-refractivity contribution in [2.45, 2.75) is 18.6 Å². The van der Waals surface area contributed by atoms with E-state index in [1.165, 1.54) is 0 Å². The number of hydrogen-bond donors (Lipinski definition) is 1. The highest BCUT2D eigenvalue weighted by Gasteiger charge is 2.34. The number of likely N-dealkylation sites (tertiary alicyclic amines) is 1. The van der Waals surface area contributed by atoms with Crippen molar-refractivity contribution in [3.05, 3.63) is 33.8 Å². The van der Waals surface area contributed by atoms with Crippen molar-refractivity contribution in [2.24, 2.45) is 0 Å². The van der Waals surface area contributed by atoms with Crippen LogP contribution in [0.1, 0.15) is 16.8 Å². The molecule has 1 aromatic carbocycles. The highest BCUT2D eigenvalue weighted by molar-refractivity contribution is 6.42. The average Bonchev–Trinajstić information content (AvgIpc) is 2.72. The minimum absolute atomic E-state index is 0.0157. The van der Waals surface area contributed by atoms with Crippen molar-refractivity contribution < 1.29 is 9.90 Å². The largest absolute Gasteiger partial charge is 0.391 e. The second kappa shape index (κ2) is 6.31. The number of carbonyl (C=O) groups excluding carboxylic acids is 1. The van der Waals surface area contributed by atoms with Crippen molar-refractivity contribution in [3.63, 3.8) is 0 Å². The maximum absolute atomic E-state index is 12.5. The minimum Gasteiger partial charge on any atom is -0.391 e. The molecule has 0 radical (unpaired) electrons. The molecule has 0 bridgehead atoms. The number of aliphatic hydroxyl groups excluding tert-OH is 1. The van der Waals surface area contributed by atoms with Gasteiger partial charge in [-0.05, 0) is 38.7 Å². The summed E-state index contributed by atoms with van der Waals surface area (Å²) in [5.74, 6) is -0.119. The second-order valence-corrected chi connectivity index (χ2v) is 6.21. The molecule has 0 aromatic heterocycles. The highest BCUT2D eigenvalue weighted by atomic mass is 35.5. The molecule has 20 heavy (non-hydrogen) atoms. The van der Waals surface area contributed by atoms with Gasteiger partial charge in [0.05, 0.1) is 16.1 Å². The van der Waals surface area contributed by atoms with E-state index in [0.29, 0.717) is 28.6 Å². The quantitative estimate of drug-likeness (QED) is 0.929. The Bertz CT molecular complexity index is 508. The lowest BCUT2D eigenvalue weighted by Gasteiger charge is -2.27. The Kier molecular flexibility index (Phi) is 4.91. The Hall–Kier alpha value is -0.810. The predicted molar refractivity (Wildman–Crippen MR) is 80.5 cm³/mol. The van der Waals surface area contributed by atoms with Crippen molar-refractivity contribution in [1.82, 2.24) is 9.80 Å². The summed E-state index contributed by atoms with van der Waals surface area (Å²) in [5.41, 5.74) is 0.497. The first-order valence-electron chi connectivity index (χ1n) is 6.47. The summed E-state index contributed by atoms with van der Waals surface area (Å²) in [6.07, 6.45) is 0.136. The van der Waals surface area contributed by atoms with Crippen LogP contribution in [0.5, 0.6) is 0 Å². The molecule has 4 nitrogen and oxygen atoms in total. The zero-order valence-corrected chi connectivity index (χ0v) is 13.0. The van der Waals surface area contributed by atoms with Crippen LogP contribution in [0.15, 0.2) is 18.2 Å². The summed E-state index contributed by atoms with van der Waals surface area (Å²) in [6.45, 7) is 1.09. The van der Waals surface area contributed by atoms with E-state index in [2.05, 4.69) is 0 Å². The molecule has 0 spiro atoms. The Morgan fingerprint density at radius 1 is 1.40 bits per heavy atom. The lowest BCUT2D eigenvalue weighted by molar-refractivity contribution is 0.0699. The summed E-state index contributed by atoms with van der Waals surface area (Å²) in [7, 11) is 3.90. The van der Waals surface area contributed by atoms with Crippen LogP contribution in [0.2, 0.25) is 10.0 Å². The van der Waals surface area contributed by atoms with Gasteiger partial charge in [-0.1, -0.05) is 23.2 Å². The molecule has 1 N–H and O–H groups in total. The third-order valence-electron chi connectivity index (χ3n) is 3.40. The molecule has 1 heterocycles. The van der Waals surface area contributed by atoms with E-state index < -0.39 is 6.10 Å². The van der Waals surface area contributed by atoms with Gasteiger partial charge in [0.15, 0.2) is 0 Å². The van der Waals surface area contributed by atoms with E-state index in [9.17, 15) is 9.90 Å². The van der Waals surface area contributed by atoms with Gasteiger partial charge >= 0.3 is 0 Å². The van der Waals surface area contributed by atoms with Gasteiger partial charge in [-0.15, -0.1) is 0 Å². The van der Waals surface area contributed by atoms with Crippen LogP contribution in [-0.2, 0) is 0 Å². The van der Waals surface area contributed by atoms with Gasteiger partial charge in [0, 0.05) is 24.7 Å². The molecule has 1 aromatic rings. The average molecular weight is 317 g/mol. The van der Waals surface area contributed by atoms with Crippen molar-refractivity contribution in [2.75, 3.05) is 27.2 Å². The molecular weight excluding hydrogens is 299 g/mol. The molecule has 1 aliphatic heterocycles. The fraction of sp³-hybridized carbons (Fsp3) is 0.500. The number of nitrogens with zero attached hydrogens (tertiary/aromatic N) is 2. The van der Waals surface area contributed by atoms with Crippen molar-refractivity contribution >= 4 is 29.1 Å². The Morgan fingerprint density at radius 3 is 2.70 bits per heavy atom. The maximum atomic E-state index is 12.5. The zero-order valence-electron chi connectivity index (χ0n) is 11.5. The second-order valence-electron chi connectivity index (χ2n) is 5.39. The summed E-state index contributed by atoms with van der Waals surface area (Å²) in [6, 6.07) is 4.87. The molecule has 2 atom stereocenters. The number of halogens is 2. The van der Waals surface area contributed by atoms with Gasteiger partial charge in [0.1, 0.15) is 0 Å². The SMILES string of the molecule is CN(C)CC1CC(O)CN1C(=O)c1ccc(Cl)c(Cl)c1. The molecule has 2 rings (SSSR count). The number of β-amino-alcohol motifs (C(OH)–C–C–N with tert-alkyl or cyclic N) is 1. The predicted octanol–water partition coefficient (Wildman–Crippen LogP) is 2.13. The molecule has 110 valence electrons. The topological polar surface area (TPSA) is 43.8 Å². The van der Waals surface area contributed by atoms with E-state index in [-0.39, 0.29) is 11.9 Å². The van der Waals surface area contributed by atoms with Crippen LogP contribution in [0, 0.1) is 0 Å². The van der Waals surface area contributed by atoms with Gasteiger partial charge in [0.2, 0.25) is 0 Å². The van der Waals surface area contributed by atoms with Gasteiger partial charge in [-0.3, -0.25) is 4.79 Å². The Morgan fingerprint density at radius 2 is 2.10 bits per heavy atom. The summed E-state index contributed by atoms with van der Waals surface area (Å²) in [4.78, 5) is 16.3. The maximum Gasteiger partial charge on any atom is 0.254 e. The molecule has 1 aliphatic rings. The van der Waals surface area contributed by atoms with E-state index in [1.807, 2.05) is 19.0 Å². The summed E-state index contributed by atoms with van der Waals surface area (Å²) in [5, 5.41) is 10.6. The smallest absolute Gasteiger partial charge is 0.254 e. The lowest BCUT2D eigenvalue weighted by atomic mass is 10.1. The molecular formula is C14H18Cl2N2O2. The monoisotopic (exact) mass is 316 g/mol. The zero-order chi connectivity index (χ0) is 14.9. The first-order chi connectivity index (χ1) is 9.38. The Labute approximate surface area is 128 Å². The summed E-state index contributed by atoms with van der Waals surface area (Å²) >= 11 is 11.8. The standard InChI is InChI=1S/C14H18Cl2N2O2/c1-17(2)7-10-6-11(19)8-18(10)14(20)9-3-4-12(15)13(16)5-9/h3-5,10-11,19H,6-8H2,1-2H3. The van der Waals surface area contributed by atoms with Gasteiger partial charge in [-0.25, -0.2) is 0 Å². The van der Waals surface area contributed by atoms with Gasteiger partial charge in [0.25, 0.3) is 5.91 Å². The van der Waals surface area contributed by atoms with E-state index in [0.717, 1.165) is 6.54 Å². The number of carbonyl (C=O) groups is 1. The van der Waals surface area contributed by atoms with E-state index in [4.69, 9.17) is 23.2 Å². The molecule has 1 fully saturated rings. The first kappa shape index (κ1) is 15.6. The number of benzene rings is 1. The number of rotatable bonds is 3. The van der Waals surface area contributed by atoms with E-state index >= 15 is 0 Å². The third kappa shape index (κ3) is 3.44. The van der Waals surface area contributed by atoms with Gasteiger partial charge in [-0.2, -0.15) is 0 Å². The number of amides is 1. The van der Waals surface area contributed by atoms with Crippen molar-refractivity contribution in [1.29, 1.82) is 0 Å². The summed E-state index contributed by atoms with van der Waals surface area (Å²) < 4.78 is 0. The van der Waals surface area contributed by atoms with Crippen LogP contribution in [0.3, 0.4) is 0 Å². The van der Waals surface area contributed by atoms with Crippen LogP contribution in [0.25, 0.3) is 0 Å². The molecule has 0 aliphatic carbocycles. The fourth-order valence-corrected chi connectivity index (χ4v) is 2.83. The van der Waals surface area contributed by atoms with Crippen molar-refractivity contribution in [3.8, 4) is 0 Å². The van der Waals surface area contributed by atoms with Crippen LogP contribution < -0.4 is 0 Å². The number of aliphatic hydroxyl groups is 1. The van der Waals surface area contributed by atoms with Crippen LogP contribution in [0.4, 0.5) is 0 Å². The highest BCUT2D eigenvalue weighted by Crippen LogP contribution is 2.26. The fourth-order valence-electron chi connectivity index (χ4n) is 2.53. The first-order valence-corrected chi connectivity index (χ1v) is 7.23. The number of likely N-dealkylation sites (N-methyl/N-ethyl adjacent to an activating group) is 1.